The number of methoxy groups -OCH3 is 1. The lowest BCUT2D eigenvalue weighted by Crippen LogP contribution is -2.27. The topological polar surface area (TPSA) is 29.5 Å². The quantitative estimate of drug-likeness (QED) is 0.878. The fraction of sp³-hybridized carbons (Fsp3) is 0.133. The summed E-state index contributed by atoms with van der Waals surface area (Å²) in [6.07, 6.45) is 0. The van der Waals surface area contributed by atoms with Gasteiger partial charge in [0.1, 0.15) is 11.6 Å². The van der Waals surface area contributed by atoms with E-state index in [1.54, 1.807) is 38.4 Å². The molecular weight excluding hydrogens is 277 g/mol. The van der Waals surface area contributed by atoms with Crippen molar-refractivity contribution in [3.63, 3.8) is 0 Å². The number of hydrogen-bond acceptors (Lipinski definition) is 3. The van der Waals surface area contributed by atoms with Crippen molar-refractivity contribution in [3.8, 4) is 5.75 Å². The molecule has 20 heavy (non-hydrogen) atoms. The average Bonchev–Trinajstić information content (AvgIpc) is 2.48. The molecule has 0 heterocycles. The predicted octanol–water partition coefficient (Wildman–Crippen LogP) is 3.40. The maximum atomic E-state index is 13.7. The van der Waals surface area contributed by atoms with Crippen molar-refractivity contribution >= 4 is 24.2 Å². The van der Waals surface area contributed by atoms with Crippen LogP contribution in [0.3, 0.4) is 0 Å². The summed E-state index contributed by atoms with van der Waals surface area (Å²) in [4.78, 5) is 14.2. The molecule has 0 aromatic heterocycles. The molecule has 2 rings (SSSR count). The smallest absolute Gasteiger partial charge is 0.261 e. The normalized spacial score (nSPS) is 10.2. The minimum atomic E-state index is -0.567. The van der Waals surface area contributed by atoms with Crippen LogP contribution in [0.2, 0.25) is 0 Å². The van der Waals surface area contributed by atoms with Crippen molar-refractivity contribution < 1.29 is 13.9 Å². The molecule has 1 amide bonds. The van der Waals surface area contributed by atoms with Crippen LogP contribution in [0, 0.1) is 5.82 Å². The predicted molar refractivity (Wildman–Crippen MR) is 79.4 cm³/mol. The van der Waals surface area contributed by atoms with Gasteiger partial charge in [-0.2, -0.15) is 0 Å². The minimum Gasteiger partial charge on any atom is -0.497 e. The van der Waals surface area contributed by atoms with Gasteiger partial charge >= 0.3 is 0 Å². The number of carbonyl (C=O) groups excluding carboxylic acids is 1. The number of ether oxygens (including phenoxy) is 1. The number of rotatable bonds is 3. The highest BCUT2D eigenvalue weighted by molar-refractivity contribution is 7.80. The van der Waals surface area contributed by atoms with Gasteiger partial charge < -0.3 is 9.64 Å². The van der Waals surface area contributed by atoms with Crippen LogP contribution in [0.4, 0.5) is 10.1 Å². The summed E-state index contributed by atoms with van der Waals surface area (Å²) in [5.41, 5.74) is 0.612. The Morgan fingerprint density at radius 2 is 2.00 bits per heavy atom. The van der Waals surface area contributed by atoms with E-state index in [1.807, 2.05) is 0 Å². The van der Waals surface area contributed by atoms with E-state index in [0.29, 0.717) is 16.3 Å². The summed E-state index contributed by atoms with van der Waals surface area (Å²) in [5, 5.41) is 0. The van der Waals surface area contributed by atoms with Gasteiger partial charge in [-0.05, 0) is 30.3 Å². The van der Waals surface area contributed by atoms with Crippen molar-refractivity contribution in [1.29, 1.82) is 0 Å². The molecule has 0 unspecified atom stereocenters. The van der Waals surface area contributed by atoms with E-state index in [0.717, 1.165) is 0 Å². The van der Waals surface area contributed by atoms with Crippen LogP contribution in [0.25, 0.3) is 0 Å². The van der Waals surface area contributed by atoms with Gasteiger partial charge in [0, 0.05) is 23.7 Å². The molecule has 0 spiro atoms. The number of thiol groups is 1. The zero-order valence-corrected chi connectivity index (χ0v) is 12.0. The Kier molecular flexibility index (Phi) is 4.29. The van der Waals surface area contributed by atoms with E-state index < -0.39 is 11.7 Å². The molecule has 0 N–H and O–H groups in total. The Morgan fingerprint density at radius 1 is 1.25 bits per heavy atom. The molecule has 0 fully saturated rings. The van der Waals surface area contributed by atoms with E-state index in [2.05, 4.69) is 12.6 Å². The van der Waals surface area contributed by atoms with Gasteiger partial charge in [-0.3, -0.25) is 4.79 Å². The molecule has 0 aliphatic carbocycles. The van der Waals surface area contributed by atoms with Crippen LogP contribution in [-0.4, -0.2) is 20.1 Å². The lowest BCUT2D eigenvalue weighted by molar-refractivity contribution is 0.0989. The Bertz CT molecular complexity index is 646. The molecule has 104 valence electrons. The molecule has 0 atom stereocenters. The molecule has 0 aliphatic rings. The fourth-order valence-corrected chi connectivity index (χ4v) is 2.00. The molecule has 5 heteroatoms. The van der Waals surface area contributed by atoms with E-state index in [4.69, 9.17) is 4.74 Å². The second-order valence-corrected chi connectivity index (χ2v) is 4.75. The Balaban J connectivity index is 2.34. The first kappa shape index (κ1) is 14.4. The summed E-state index contributed by atoms with van der Waals surface area (Å²) in [6.45, 7) is 0. The zero-order chi connectivity index (χ0) is 14.7. The standard InChI is InChI=1S/C15H14FNO2S/c1-17(10-4-3-5-11(8-10)19-2)15(18)13-9-12(20)6-7-14(13)16/h3-9,20H,1-2H3. The molecular formula is C15H14FNO2S. The van der Waals surface area contributed by atoms with Crippen LogP contribution in [-0.2, 0) is 0 Å². The van der Waals surface area contributed by atoms with Crippen molar-refractivity contribution in [2.75, 3.05) is 19.1 Å². The lowest BCUT2D eigenvalue weighted by atomic mass is 10.1. The SMILES string of the molecule is COc1cccc(N(C)C(=O)c2cc(S)ccc2F)c1. The maximum absolute atomic E-state index is 13.7. The molecule has 3 nitrogen and oxygen atoms in total. The third kappa shape index (κ3) is 2.93. The third-order valence-electron chi connectivity index (χ3n) is 2.93. The van der Waals surface area contributed by atoms with Gasteiger partial charge in [0.05, 0.1) is 12.7 Å². The Labute approximate surface area is 122 Å². The number of carbonyl (C=O) groups is 1. The van der Waals surface area contributed by atoms with E-state index in [-0.39, 0.29) is 5.56 Å². The van der Waals surface area contributed by atoms with Crippen molar-refractivity contribution in [3.05, 3.63) is 53.8 Å². The molecule has 2 aromatic carbocycles. The lowest BCUT2D eigenvalue weighted by Gasteiger charge is -2.18. The summed E-state index contributed by atoms with van der Waals surface area (Å²) in [6, 6.07) is 11.1. The summed E-state index contributed by atoms with van der Waals surface area (Å²) >= 11 is 4.13. The zero-order valence-electron chi connectivity index (χ0n) is 11.1. The maximum Gasteiger partial charge on any atom is 0.261 e. The first-order chi connectivity index (χ1) is 9.52. The van der Waals surface area contributed by atoms with Gasteiger partial charge in [0.15, 0.2) is 0 Å². The van der Waals surface area contributed by atoms with Gasteiger partial charge in [-0.15, -0.1) is 12.6 Å². The highest BCUT2D eigenvalue weighted by atomic mass is 32.1. The summed E-state index contributed by atoms with van der Waals surface area (Å²) in [7, 11) is 3.13. The highest BCUT2D eigenvalue weighted by Gasteiger charge is 2.18. The number of amides is 1. The second kappa shape index (κ2) is 5.96. The molecule has 0 bridgehead atoms. The van der Waals surface area contributed by atoms with E-state index in [1.165, 1.54) is 23.1 Å². The molecule has 0 saturated heterocycles. The van der Waals surface area contributed by atoms with Crippen LogP contribution in [0.15, 0.2) is 47.4 Å². The third-order valence-corrected chi connectivity index (χ3v) is 3.20. The Hall–Kier alpha value is -2.01. The largest absolute Gasteiger partial charge is 0.497 e. The monoisotopic (exact) mass is 291 g/mol. The van der Waals surface area contributed by atoms with Gasteiger partial charge in [0.2, 0.25) is 0 Å². The first-order valence-electron chi connectivity index (χ1n) is 5.93. The van der Waals surface area contributed by atoms with E-state index in [9.17, 15) is 9.18 Å². The highest BCUT2D eigenvalue weighted by Crippen LogP contribution is 2.23. The second-order valence-electron chi connectivity index (χ2n) is 4.23. The first-order valence-corrected chi connectivity index (χ1v) is 6.38. The summed E-state index contributed by atoms with van der Waals surface area (Å²) < 4.78 is 18.8. The number of nitrogens with zero attached hydrogens (tertiary/aromatic N) is 1. The average molecular weight is 291 g/mol. The number of halogens is 1. The summed E-state index contributed by atoms with van der Waals surface area (Å²) in [5.74, 6) is -0.375. The van der Waals surface area contributed by atoms with Crippen molar-refractivity contribution in [1.82, 2.24) is 0 Å². The van der Waals surface area contributed by atoms with Crippen LogP contribution in [0.5, 0.6) is 5.75 Å². The van der Waals surface area contributed by atoms with Crippen LogP contribution < -0.4 is 9.64 Å². The fourth-order valence-electron chi connectivity index (χ4n) is 1.79. The Morgan fingerprint density at radius 3 is 2.70 bits per heavy atom. The molecule has 0 aliphatic heterocycles. The van der Waals surface area contributed by atoms with Gasteiger partial charge in [-0.25, -0.2) is 4.39 Å². The van der Waals surface area contributed by atoms with Crippen LogP contribution in [0.1, 0.15) is 10.4 Å². The number of benzene rings is 2. The van der Waals surface area contributed by atoms with E-state index >= 15 is 0 Å². The van der Waals surface area contributed by atoms with Gasteiger partial charge in [-0.1, -0.05) is 6.07 Å². The van der Waals surface area contributed by atoms with Crippen molar-refractivity contribution in [2.45, 2.75) is 4.90 Å². The van der Waals surface area contributed by atoms with Crippen molar-refractivity contribution in [2.24, 2.45) is 0 Å². The molecule has 2 aromatic rings. The van der Waals surface area contributed by atoms with Crippen LogP contribution >= 0.6 is 12.6 Å². The molecule has 0 radical (unpaired) electrons. The number of anilines is 1. The minimum absolute atomic E-state index is 0.0113. The molecule has 0 saturated carbocycles. The number of hydrogen-bond donors (Lipinski definition) is 1. The van der Waals surface area contributed by atoms with Gasteiger partial charge in [0.25, 0.3) is 5.91 Å².